The summed E-state index contributed by atoms with van der Waals surface area (Å²) in [6, 6.07) is 11.2. The van der Waals surface area contributed by atoms with Crippen LogP contribution < -0.4 is 10.6 Å². The number of benzene rings is 1. The molecule has 0 aliphatic heterocycles. The maximum absolute atomic E-state index is 12.4. The molecule has 0 aliphatic carbocycles. The smallest absolute Gasteiger partial charge is 0.259 e. The van der Waals surface area contributed by atoms with Gasteiger partial charge in [0.15, 0.2) is 0 Å². The van der Waals surface area contributed by atoms with Crippen molar-refractivity contribution in [2.45, 2.75) is 13.5 Å². The molecule has 2 N–H and O–H groups in total. The number of nitrogens with zero attached hydrogens (tertiary/aromatic N) is 2. The van der Waals surface area contributed by atoms with Gasteiger partial charge in [0.05, 0.1) is 5.56 Å². The van der Waals surface area contributed by atoms with Gasteiger partial charge in [-0.3, -0.25) is 9.78 Å². The molecular formula is C15H17N3O. The number of aromatic nitrogens is 1. The van der Waals surface area contributed by atoms with E-state index in [2.05, 4.69) is 4.98 Å². The van der Waals surface area contributed by atoms with Gasteiger partial charge in [0.25, 0.3) is 5.91 Å². The van der Waals surface area contributed by atoms with E-state index in [-0.39, 0.29) is 5.91 Å². The van der Waals surface area contributed by atoms with E-state index in [4.69, 9.17) is 5.73 Å². The van der Waals surface area contributed by atoms with Gasteiger partial charge in [-0.2, -0.15) is 0 Å². The second-order valence-corrected chi connectivity index (χ2v) is 4.37. The van der Waals surface area contributed by atoms with Crippen LogP contribution in [0.3, 0.4) is 0 Å². The summed E-state index contributed by atoms with van der Waals surface area (Å²) in [4.78, 5) is 18.2. The Morgan fingerprint density at radius 1 is 1.32 bits per heavy atom. The largest absolute Gasteiger partial charge is 0.326 e. The van der Waals surface area contributed by atoms with Crippen molar-refractivity contribution in [1.82, 2.24) is 4.98 Å². The second-order valence-electron chi connectivity index (χ2n) is 4.37. The molecule has 0 aliphatic rings. The third kappa shape index (κ3) is 2.80. The Kier molecular flexibility index (Phi) is 3.92. The van der Waals surface area contributed by atoms with Gasteiger partial charge >= 0.3 is 0 Å². The third-order valence-electron chi connectivity index (χ3n) is 3.08. The van der Waals surface area contributed by atoms with Crippen molar-refractivity contribution in [3.8, 4) is 0 Å². The lowest BCUT2D eigenvalue weighted by Crippen LogP contribution is -2.27. The first kappa shape index (κ1) is 13.2. The maximum atomic E-state index is 12.4. The zero-order valence-corrected chi connectivity index (χ0v) is 11.1. The Bertz CT molecular complexity index is 595. The molecule has 0 saturated heterocycles. The summed E-state index contributed by atoms with van der Waals surface area (Å²) in [6.45, 7) is 2.29. The van der Waals surface area contributed by atoms with Crippen LogP contribution in [-0.2, 0) is 6.54 Å². The molecule has 4 nitrogen and oxygen atoms in total. The summed E-state index contributed by atoms with van der Waals surface area (Å²) in [5.74, 6) is -0.0697. The van der Waals surface area contributed by atoms with Gasteiger partial charge in [0, 0.05) is 31.2 Å². The molecule has 2 rings (SSSR count). The van der Waals surface area contributed by atoms with Crippen LogP contribution in [0, 0.1) is 6.92 Å². The Morgan fingerprint density at radius 3 is 2.79 bits per heavy atom. The van der Waals surface area contributed by atoms with Crippen LogP contribution in [0.4, 0.5) is 5.69 Å². The van der Waals surface area contributed by atoms with Gasteiger partial charge in [0.2, 0.25) is 0 Å². The molecule has 0 radical (unpaired) electrons. The summed E-state index contributed by atoms with van der Waals surface area (Å²) in [5, 5.41) is 0. The van der Waals surface area contributed by atoms with Crippen LogP contribution in [0.5, 0.6) is 0 Å². The fourth-order valence-corrected chi connectivity index (χ4v) is 1.90. The minimum Gasteiger partial charge on any atom is -0.326 e. The van der Waals surface area contributed by atoms with Gasteiger partial charge in [-0.25, -0.2) is 0 Å². The van der Waals surface area contributed by atoms with E-state index in [0.29, 0.717) is 12.1 Å². The van der Waals surface area contributed by atoms with Crippen molar-refractivity contribution in [3.05, 3.63) is 59.4 Å². The Balaban J connectivity index is 2.31. The fourth-order valence-electron chi connectivity index (χ4n) is 1.90. The van der Waals surface area contributed by atoms with Crippen molar-refractivity contribution in [2.24, 2.45) is 5.73 Å². The summed E-state index contributed by atoms with van der Waals surface area (Å²) in [6.07, 6.45) is 1.68. The van der Waals surface area contributed by atoms with Gasteiger partial charge in [-0.15, -0.1) is 0 Å². The predicted molar refractivity (Wildman–Crippen MR) is 76.0 cm³/mol. The standard InChI is InChI=1S/C15H17N3O/c1-11-14(7-4-8-17-11)15(19)18(2)13-6-3-5-12(9-13)10-16/h3-9H,10,16H2,1-2H3. The number of aryl methyl sites for hydroxylation is 1. The number of carbonyl (C=O) groups is 1. The first-order chi connectivity index (χ1) is 9.13. The van der Waals surface area contributed by atoms with E-state index in [1.54, 1.807) is 30.3 Å². The minimum absolute atomic E-state index is 0.0697. The van der Waals surface area contributed by atoms with E-state index in [1.165, 1.54) is 0 Å². The van der Waals surface area contributed by atoms with Gasteiger partial charge < -0.3 is 10.6 Å². The molecule has 1 amide bonds. The maximum Gasteiger partial charge on any atom is 0.259 e. The van der Waals surface area contributed by atoms with Crippen molar-refractivity contribution in [2.75, 3.05) is 11.9 Å². The number of nitrogens with two attached hydrogens (primary N) is 1. The predicted octanol–water partition coefficient (Wildman–Crippen LogP) is 2.13. The van der Waals surface area contributed by atoms with Crippen LogP contribution in [0.1, 0.15) is 21.6 Å². The lowest BCUT2D eigenvalue weighted by Gasteiger charge is -2.18. The summed E-state index contributed by atoms with van der Waals surface area (Å²) >= 11 is 0. The highest BCUT2D eigenvalue weighted by Crippen LogP contribution is 2.18. The van der Waals surface area contributed by atoms with Crippen LogP contribution in [-0.4, -0.2) is 17.9 Å². The quantitative estimate of drug-likeness (QED) is 0.914. The van der Waals surface area contributed by atoms with Gasteiger partial charge in [-0.1, -0.05) is 12.1 Å². The summed E-state index contributed by atoms with van der Waals surface area (Å²) in [7, 11) is 1.75. The molecule has 1 aromatic carbocycles. The molecule has 1 aromatic heterocycles. The molecule has 19 heavy (non-hydrogen) atoms. The molecule has 0 fully saturated rings. The van der Waals surface area contributed by atoms with Crippen LogP contribution in [0.15, 0.2) is 42.6 Å². The lowest BCUT2D eigenvalue weighted by atomic mass is 10.1. The van der Waals surface area contributed by atoms with Crippen molar-refractivity contribution < 1.29 is 4.79 Å². The highest BCUT2D eigenvalue weighted by molar-refractivity contribution is 6.06. The number of carbonyl (C=O) groups excluding carboxylic acids is 1. The van der Waals surface area contributed by atoms with Crippen LogP contribution in [0.25, 0.3) is 0 Å². The van der Waals surface area contributed by atoms with Crippen LogP contribution >= 0.6 is 0 Å². The topological polar surface area (TPSA) is 59.2 Å². The molecular weight excluding hydrogens is 238 g/mol. The van der Waals surface area contributed by atoms with Gasteiger partial charge in [0.1, 0.15) is 0 Å². The number of rotatable bonds is 3. The van der Waals surface area contributed by atoms with E-state index >= 15 is 0 Å². The molecule has 0 saturated carbocycles. The minimum atomic E-state index is -0.0697. The zero-order chi connectivity index (χ0) is 13.8. The second kappa shape index (κ2) is 5.63. The Hall–Kier alpha value is -2.20. The van der Waals surface area contributed by atoms with Crippen LogP contribution in [0.2, 0.25) is 0 Å². The number of amides is 1. The van der Waals surface area contributed by atoms with Crippen molar-refractivity contribution in [1.29, 1.82) is 0 Å². The van der Waals surface area contributed by atoms with E-state index in [1.807, 2.05) is 31.2 Å². The van der Waals surface area contributed by atoms with E-state index in [0.717, 1.165) is 16.9 Å². The first-order valence-corrected chi connectivity index (χ1v) is 6.12. The number of anilines is 1. The normalized spacial score (nSPS) is 10.3. The fraction of sp³-hybridized carbons (Fsp3) is 0.200. The Morgan fingerprint density at radius 2 is 2.11 bits per heavy atom. The third-order valence-corrected chi connectivity index (χ3v) is 3.08. The SMILES string of the molecule is Cc1ncccc1C(=O)N(C)c1cccc(CN)c1. The zero-order valence-electron chi connectivity index (χ0n) is 11.1. The highest BCUT2D eigenvalue weighted by Gasteiger charge is 2.15. The van der Waals surface area contributed by atoms with Gasteiger partial charge in [-0.05, 0) is 36.8 Å². The van der Waals surface area contributed by atoms with Crippen molar-refractivity contribution in [3.63, 3.8) is 0 Å². The van der Waals surface area contributed by atoms with E-state index < -0.39 is 0 Å². The Labute approximate surface area is 112 Å². The van der Waals surface area contributed by atoms with E-state index in [9.17, 15) is 4.79 Å². The number of pyridine rings is 1. The summed E-state index contributed by atoms with van der Waals surface area (Å²) < 4.78 is 0. The monoisotopic (exact) mass is 255 g/mol. The molecule has 0 spiro atoms. The summed E-state index contributed by atoms with van der Waals surface area (Å²) in [5.41, 5.74) is 8.79. The molecule has 0 atom stereocenters. The molecule has 2 aromatic rings. The van der Waals surface area contributed by atoms with Crippen molar-refractivity contribution >= 4 is 11.6 Å². The molecule has 4 heteroatoms. The molecule has 1 heterocycles. The average Bonchev–Trinajstić information content (AvgIpc) is 2.46. The highest BCUT2D eigenvalue weighted by atomic mass is 16.2. The molecule has 98 valence electrons. The number of hydrogen-bond acceptors (Lipinski definition) is 3. The lowest BCUT2D eigenvalue weighted by molar-refractivity contribution is 0.0992. The molecule has 0 bridgehead atoms. The first-order valence-electron chi connectivity index (χ1n) is 6.12. The number of hydrogen-bond donors (Lipinski definition) is 1. The molecule has 0 unspecified atom stereocenters. The average molecular weight is 255 g/mol.